The van der Waals surface area contributed by atoms with Gasteiger partial charge >= 0.3 is 0 Å². The van der Waals surface area contributed by atoms with Gasteiger partial charge in [0.05, 0.1) is 17.1 Å². The summed E-state index contributed by atoms with van der Waals surface area (Å²) >= 11 is 2.84. The highest BCUT2D eigenvalue weighted by Gasteiger charge is 2.11. The number of thioether (sulfide) groups is 1. The van der Waals surface area contributed by atoms with Crippen molar-refractivity contribution in [3.05, 3.63) is 52.8 Å². The number of aryl methyl sites for hydroxylation is 3. The third kappa shape index (κ3) is 3.85. The fourth-order valence-electron chi connectivity index (χ4n) is 2.35. The molecule has 24 heavy (non-hydrogen) atoms. The summed E-state index contributed by atoms with van der Waals surface area (Å²) in [6.45, 7) is 6.06. The van der Waals surface area contributed by atoms with Crippen molar-refractivity contribution in [3.63, 3.8) is 0 Å². The van der Waals surface area contributed by atoms with Crippen LogP contribution in [0.1, 0.15) is 16.8 Å². The number of aromatic nitrogens is 3. The summed E-state index contributed by atoms with van der Waals surface area (Å²) in [5.41, 5.74) is 4.39. The molecule has 2 aromatic heterocycles. The fourth-order valence-corrected chi connectivity index (χ4v) is 3.82. The van der Waals surface area contributed by atoms with Crippen molar-refractivity contribution >= 4 is 34.1 Å². The Kier molecular flexibility index (Phi) is 5.01. The van der Waals surface area contributed by atoms with Gasteiger partial charge in [-0.05, 0) is 32.4 Å². The molecule has 3 aromatic rings. The summed E-state index contributed by atoms with van der Waals surface area (Å²) in [7, 11) is 0. The molecule has 1 N–H and O–H groups in total. The second-order valence-electron chi connectivity index (χ2n) is 5.50. The summed E-state index contributed by atoms with van der Waals surface area (Å²) in [5.74, 6) is 0.213. The van der Waals surface area contributed by atoms with Crippen LogP contribution in [-0.4, -0.2) is 26.2 Å². The van der Waals surface area contributed by atoms with Gasteiger partial charge in [-0.15, -0.1) is 11.3 Å². The van der Waals surface area contributed by atoms with E-state index in [0.717, 1.165) is 16.5 Å². The standard InChI is InChI=1S/C17H18N4OS2/c1-11-4-5-14(12(2)8-11)21-7-6-18-17(21)24-10-15(22)20-16-19-13(3)9-23-16/h4-9H,10H2,1-3H3,(H,19,20,22). The second kappa shape index (κ2) is 7.19. The Balaban J connectivity index is 1.68. The van der Waals surface area contributed by atoms with Gasteiger partial charge in [0.25, 0.3) is 0 Å². The second-order valence-corrected chi connectivity index (χ2v) is 7.30. The molecule has 5 nitrogen and oxygen atoms in total. The lowest BCUT2D eigenvalue weighted by Gasteiger charge is -2.11. The Morgan fingerprint density at radius 1 is 1.33 bits per heavy atom. The number of thiazole rings is 1. The Bertz CT molecular complexity index is 869. The first-order valence-corrected chi connectivity index (χ1v) is 9.35. The van der Waals surface area contributed by atoms with E-state index in [-0.39, 0.29) is 5.91 Å². The molecule has 0 radical (unpaired) electrons. The minimum atomic E-state index is -0.0791. The molecule has 124 valence electrons. The molecule has 1 amide bonds. The van der Waals surface area contributed by atoms with Crippen molar-refractivity contribution in [2.45, 2.75) is 25.9 Å². The summed E-state index contributed by atoms with van der Waals surface area (Å²) < 4.78 is 2.01. The van der Waals surface area contributed by atoms with E-state index >= 15 is 0 Å². The van der Waals surface area contributed by atoms with Crippen molar-refractivity contribution in [1.82, 2.24) is 14.5 Å². The lowest BCUT2D eigenvalue weighted by Crippen LogP contribution is -2.14. The van der Waals surface area contributed by atoms with Crippen LogP contribution < -0.4 is 5.32 Å². The van der Waals surface area contributed by atoms with Crippen LogP contribution in [0.25, 0.3) is 5.69 Å². The number of amides is 1. The van der Waals surface area contributed by atoms with Gasteiger partial charge in [0.15, 0.2) is 10.3 Å². The Hall–Kier alpha value is -2.12. The number of hydrogen-bond donors (Lipinski definition) is 1. The molecule has 0 aliphatic heterocycles. The number of imidazole rings is 1. The maximum Gasteiger partial charge on any atom is 0.236 e. The zero-order valence-corrected chi connectivity index (χ0v) is 15.4. The van der Waals surface area contributed by atoms with E-state index in [2.05, 4.69) is 47.3 Å². The summed E-state index contributed by atoms with van der Waals surface area (Å²) in [5, 5.41) is 6.16. The lowest BCUT2D eigenvalue weighted by atomic mass is 10.1. The zero-order chi connectivity index (χ0) is 17.1. The van der Waals surface area contributed by atoms with Crippen molar-refractivity contribution in [2.24, 2.45) is 0 Å². The predicted octanol–water partition coefficient (Wildman–Crippen LogP) is 3.98. The average molecular weight is 358 g/mol. The molecule has 0 unspecified atom stereocenters. The van der Waals surface area contributed by atoms with Gasteiger partial charge in [0, 0.05) is 17.8 Å². The number of anilines is 1. The lowest BCUT2D eigenvalue weighted by molar-refractivity contribution is -0.113. The number of hydrogen-bond acceptors (Lipinski definition) is 5. The van der Waals surface area contributed by atoms with Gasteiger partial charge in [0.1, 0.15) is 0 Å². The van der Waals surface area contributed by atoms with Crippen LogP contribution in [0.2, 0.25) is 0 Å². The fraction of sp³-hybridized carbons (Fsp3) is 0.235. The summed E-state index contributed by atoms with van der Waals surface area (Å²) in [6, 6.07) is 6.30. The molecule has 0 aliphatic carbocycles. The zero-order valence-electron chi connectivity index (χ0n) is 13.7. The molecule has 7 heteroatoms. The maximum atomic E-state index is 12.1. The normalized spacial score (nSPS) is 10.8. The number of carbonyl (C=O) groups is 1. The van der Waals surface area contributed by atoms with Crippen LogP contribution in [0.5, 0.6) is 0 Å². The molecule has 2 heterocycles. The number of rotatable bonds is 5. The van der Waals surface area contributed by atoms with Gasteiger partial charge < -0.3 is 5.32 Å². The van der Waals surface area contributed by atoms with Crippen LogP contribution in [0.15, 0.2) is 41.1 Å². The molecule has 3 rings (SSSR count). The first-order valence-electron chi connectivity index (χ1n) is 7.48. The molecule has 0 bridgehead atoms. The van der Waals surface area contributed by atoms with Crippen molar-refractivity contribution in [2.75, 3.05) is 11.1 Å². The molecule has 0 spiro atoms. The van der Waals surface area contributed by atoms with E-state index in [4.69, 9.17) is 0 Å². The van der Waals surface area contributed by atoms with Crippen LogP contribution >= 0.6 is 23.1 Å². The number of nitrogens with one attached hydrogen (secondary N) is 1. The van der Waals surface area contributed by atoms with Gasteiger partial charge in [-0.25, -0.2) is 9.97 Å². The average Bonchev–Trinajstić information content (AvgIpc) is 3.14. The maximum absolute atomic E-state index is 12.1. The van der Waals surface area contributed by atoms with E-state index in [9.17, 15) is 4.79 Å². The van der Waals surface area contributed by atoms with Crippen molar-refractivity contribution in [3.8, 4) is 5.69 Å². The van der Waals surface area contributed by atoms with Gasteiger partial charge in [0.2, 0.25) is 5.91 Å². The summed E-state index contributed by atoms with van der Waals surface area (Å²) in [6.07, 6.45) is 3.67. The number of benzene rings is 1. The van der Waals surface area contributed by atoms with E-state index in [0.29, 0.717) is 10.9 Å². The number of carbonyl (C=O) groups excluding carboxylic acids is 1. The molecule has 0 aliphatic rings. The predicted molar refractivity (Wildman–Crippen MR) is 99.2 cm³/mol. The molecule has 1 aromatic carbocycles. The van der Waals surface area contributed by atoms with Gasteiger partial charge in [-0.3, -0.25) is 9.36 Å². The highest BCUT2D eigenvalue weighted by molar-refractivity contribution is 7.99. The largest absolute Gasteiger partial charge is 0.301 e. The van der Waals surface area contributed by atoms with Crippen LogP contribution in [-0.2, 0) is 4.79 Å². The van der Waals surface area contributed by atoms with Crippen LogP contribution in [0.4, 0.5) is 5.13 Å². The SMILES string of the molecule is Cc1ccc(-n2ccnc2SCC(=O)Nc2nc(C)cs2)c(C)c1. The Labute approximate surface area is 149 Å². The van der Waals surface area contributed by atoms with E-state index in [1.165, 1.54) is 34.2 Å². The molecule has 0 fully saturated rings. The highest BCUT2D eigenvalue weighted by atomic mass is 32.2. The molecule has 0 saturated heterocycles. The van der Waals surface area contributed by atoms with Gasteiger partial charge in [-0.2, -0.15) is 0 Å². The quantitative estimate of drug-likeness (QED) is 0.701. The smallest absolute Gasteiger partial charge is 0.236 e. The number of nitrogens with zero attached hydrogens (tertiary/aromatic N) is 3. The summed E-state index contributed by atoms with van der Waals surface area (Å²) in [4.78, 5) is 20.7. The monoisotopic (exact) mass is 358 g/mol. The Morgan fingerprint density at radius 3 is 2.88 bits per heavy atom. The first-order chi connectivity index (χ1) is 11.5. The van der Waals surface area contributed by atoms with Crippen LogP contribution in [0.3, 0.4) is 0 Å². The van der Waals surface area contributed by atoms with Crippen LogP contribution in [0, 0.1) is 20.8 Å². The van der Waals surface area contributed by atoms with E-state index in [1.807, 2.05) is 23.1 Å². The molecule has 0 atom stereocenters. The van der Waals surface area contributed by atoms with Gasteiger partial charge in [-0.1, -0.05) is 29.5 Å². The molecule has 0 saturated carbocycles. The Morgan fingerprint density at radius 2 is 2.17 bits per heavy atom. The highest BCUT2D eigenvalue weighted by Crippen LogP contribution is 2.24. The molecular formula is C17H18N4OS2. The first kappa shape index (κ1) is 16.7. The topological polar surface area (TPSA) is 59.8 Å². The third-order valence-electron chi connectivity index (χ3n) is 3.42. The third-order valence-corrected chi connectivity index (χ3v) is 5.26. The molecular weight excluding hydrogens is 340 g/mol. The minimum absolute atomic E-state index is 0.0791. The minimum Gasteiger partial charge on any atom is -0.301 e. The van der Waals surface area contributed by atoms with Crippen molar-refractivity contribution in [1.29, 1.82) is 0 Å². The van der Waals surface area contributed by atoms with E-state index < -0.39 is 0 Å². The van der Waals surface area contributed by atoms with Crippen molar-refractivity contribution < 1.29 is 4.79 Å². The van der Waals surface area contributed by atoms with E-state index in [1.54, 1.807) is 6.20 Å².